The Bertz CT molecular complexity index is 873. The predicted molar refractivity (Wildman–Crippen MR) is 102 cm³/mol. The van der Waals surface area contributed by atoms with Crippen LogP contribution in [0.3, 0.4) is 0 Å². The highest BCUT2D eigenvalue weighted by Crippen LogP contribution is 2.19. The summed E-state index contributed by atoms with van der Waals surface area (Å²) in [5.41, 5.74) is 0.835. The Morgan fingerprint density at radius 2 is 1.85 bits per heavy atom. The van der Waals surface area contributed by atoms with Gasteiger partial charge in [-0.2, -0.15) is 0 Å². The standard InChI is InChI=1S/C19H22N2O5S/c1-25-16-8-10-18(11-9-16)27(23,24)21-15-6-4-14(5-7-15)19(22)20-13-17-3-2-12-26-17/h4-11,17,21H,2-3,12-13H2,1H3,(H,20,22)/t17-/m0/s1. The van der Waals surface area contributed by atoms with Crippen LogP contribution in [0.4, 0.5) is 5.69 Å². The molecule has 1 aliphatic rings. The number of sulfonamides is 1. The fourth-order valence-electron chi connectivity index (χ4n) is 2.77. The minimum Gasteiger partial charge on any atom is -0.497 e. The molecular weight excluding hydrogens is 368 g/mol. The summed E-state index contributed by atoms with van der Waals surface area (Å²) in [5.74, 6) is 0.363. The first-order valence-electron chi connectivity index (χ1n) is 8.65. The van der Waals surface area contributed by atoms with Gasteiger partial charge in [0.05, 0.1) is 18.1 Å². The topological polar surface area (TPSA) is 93.7 Å². The Morgan fingerprint density at radius 1 is 1.15 bits per heavy atom. The third kappa shape index (κ3) is 4.99. The molecule has 0 aliphatic carbocycles. The lowest BCUT2D eigenvalue weighted by Crippen LogP contribution is -2.31. The normalized spacial score (nSPS) is 16.7. The van der Waals surface area contributed by atoms with Gasteiger partial charge >= 0.3 is 0 Å². The third-order valence-electron chi connectivity index (χ3n) is 4.28. The van der Waals surface area contributed by atoms with E-state index in [0.717, 1.165) is 19.4 Å². The van der Waals surface area contributed by atoms with Crippen molar-refractivity contribution in [3.05, 3.63) is 54.1 Å². The maximum atomic E-state index is 12.4. The molecule has 2 N–H and O–H groups in total. The maximum absolute atomic E-state index is 12.4. The summed E-state index contributed by atoms with van der Waals surface area (Å²) in [6.07, 6.45) is 2.04. The molecule has 0 unspecified atom stereocenters. The van der Waals surface area contributed by atoms with E-state index in [-0.39, 0.29) is 16.9 Å². The summed E-state index contributed by atoms with van der Waals surface area (Å²) in [5, 5.41) is 2.83. The van der Waals surface area contributed by atoms with Crippen molar-refractivity contribution < 1.29 is 22.7 Å². The van der Waals surface area contributed by atoms with Gasteiger partial charge in [0.2, 0.25) is 0 Å². The average Bonchev–Trinajstić information content (AvgIpc) is 3.20. The van der Waals surface area contributed by atoms with Crippen LogP contribution >= 0.6 is 0 Å². The van der Waals surface area contributed by atoms with Crippen molar-refractivity contribution >= 4 is 21.6 Å². The molecule has 1 saturated heterocycles. The van der Waals surface area contributed by atoms with E-state index >= 15 is 0 Å². The fraction of sp³-hybridized carbons (Fsp3) is 0.316. The van der Waals surface area contributed by atoms with E-state index in [4.69, 9.17) is 9.47 Å². The van der Waals surface area contributed by atoms with Crippen LogP contribution in [0.2, 0.25) is 0 Å². The number of carbonyl (C=O) groups is 1. The maximum Gasteiger partial charge on any atom is 0.261 e. The number of hydrogen-bond acceptors (Lipinski definition) is 5. The summed E-state index contributed by atoms with van der Waals surface area (Å²) in [4.78, 5) is 12.3. The fourth-order valence-corrected chi connectivity index (χ4v) is 3.83. The molecule has 0 radical (unpaired) electrons. The monoisotopic (exact) mass is 390 g/mol. The number of methoxy groups -OCH3 is 1. The van der Waals surface area contributed by atoms with Gasteiger partial charge in [0, 0.05) is 24.4 Å². The summed E-state index contributed by atoms with van der Waals surface area (Å²) in [6, 6.07) is 12.4. The van der Waals surface area contributed by atoms with Crippen LogP contribution in [0.25, 0.3) is 0 Å². The van der Waals surface area contributed by atoms with Crippen molar-refractivity contribution in [3.8, 4) is 5.75 Å². The summed E-state index contributed by atoms with van der Waals surface area (Å²) >= 11 is 0. The molecule has 1 aliphatic heterocycles. The minimum absolute atomic E-state index is 0.0736. The highest BCUT2D eigenvalue weighted by Gasteiger charge is 2.17. The van der Waals surface area contributed by atoms with Gasteiger partial charge in [0.15, 0.2) is 0 Å². The highest BCUT2D eigenvalue weighted by molar-refractivity contribution is 7.92. The lowest BCUT2D eigenvalue weighted by molar-refractivity contribution is 0.0858. The van der Waals surface area contributed by atoms with Crippen molar-refractivity contribution in [1.29, 1.82) is 0 Å². The molecule has 0 aromatic heterocycles. The van der Waals surface area contributed by atoms with E-state index < -0.39 is 10.0 Å². The molecule has 0 saturated carbocycles. The van der Waals surface area contributed by atoms with E-state index in [1.807, 2.05) is 0 Å². The van der Waals surface area contributed by atoms with E-state index in [0.29, 0.717) is 23.5 Å². The first-order chi connectivity index (χ1) is 13.0. The Hall–Kier alpha value is -2.58. The molecule has 0 spiro atoms. The number of anilines is 1. The molecule has 1 atom stereocenters. The van der Waals surface area contributed by atoms with Crippen LogP contribution in [-0.2, 0) is 14.8 Å². The van der Waals surface area contributed by atoms with Crippen molar-refractivity contribution in [2.75, 3.05) is 25.0 Å². The van der Waals surface area contributed by atoms with E-state index in [9.17, 15) is 13.2 Å². The van der Waals surface area contributed by atoms with Gasteiger partial charge in [-0.15, -0.1) is 0 Å². The molecule has 1 amide bonds. The summed E-state index contributed by atoms with van der Waals surface area (Å²) in [7, 11) is -2.20. The zero-order chi connectivity index (χ0) is 19.3. The first kappa shape index (κ1) is 19.2. The van der Waals surface area contributed by atoms with Crippen molar-refractivity contribution in [3.63, 3.8) is 0 Å². The second kappa shape index (κ2) is 8.41. The molecule has 2 aromatic carbocycles. The summed E-state index contributed by atoms with van der Waals surface area (Å²) < 4.78 is 37.8. The van der Waals surface area contributed by atoms with Crippen LogP contribution in [0.15, 0.2) is 53.4 Å². The SMILES string of the molecule is COc1ccc(S(=O)(=O)Nc2ccc(C(=O)NC[C@@H]3CCCO3)cc2)cc1. The predicted octanol–water partition coefficient (Wildman–Crippen LogP) is 2.40. The second-order valence-corrected chi connectivity index (χ2v) is 7.89. The molecular formula is C19H22N2O5S. The molecule has 0 bridgehead atoms. The third-order valence-corrected chi connectivity index (χ3v) is 5.68. The molecule has 1 heterocycles. The average molecular weight is 390 g/mol. The number of amides is 1. The molecule has 7 nitrogen and oxygen atoms in total. The van der Waals surface area contributed by atoms with Crippen molar-refractivity contribution in [2.45, 2.75) is 23.8 Å². The zero-order valence-electron chi connectivity index (χ0n) is 15.0. The number of nitrogens with one attached hydrogen (secondary N) is 2. The molecule has 144 valence electrons. The van der Waals surface area contributed by atoms with Crippen LogP contribution in [-0.4, -0.2) is 40.7 Å². The lowest BCUT2D eigenvalue weighted by atomic mass is 10.2. The van der Waals surface area contributed by atoms with Gasteiger partial charge in [0.1, 0.15) is 5.75 Å². The van der Waals surface area contributed by atoms with Crippen LogP contribution in [0, 0.1) is 0 Å². The van der Waals surface area contributed by atoms with Gasteiger partial charge in [-0.3, -0.25) is 9.52 Å². The van der Waals surface area contributed by atoms with Crippen LogP contribution in [0.1, 0.15) is 23.2 Å². The van der Waals surface area contributed by atoms with Crippen LogP contribution < -0.4 is 14.8 Å². The van der Waals surface area contributed by atoms with Gasteiger partial charge in [-0.25, -0.2) is 8.42 Å². The molecule has 1 fully saturated rings. The van der Waals surface area contributed by atoms with Gasteiger partial charge in [-0.05, 0) is 61.4 Å². The van der Waals surface area contributed by atoms with Crippen molar-refractivity contribution in [2.24, 2.45) is 0 Å². The van der Waals surface area contributed by atoms with E-state index in [1.54, 1.807) is 36.4 Å². The lowest BCUT2D eigenvalue weighted by Gasteiger charge is -2.12. The zero-order valence-corrected chi connectivity index (χ0v) is 15.8. The van der Waals surface area contributed by atoms with E-state index in [2.05, 4.69) is 10.0 Å². The quantitative estimate of drug-likeness (QED) is 0.757. The number of rotatable bonds is 7. The largest absolute Gasteiger partial charge is 0.497 e. The Labute approximate surface area is 158 Å². The molecule has 2 aromatic rings. The van der Waals surface area contributed by atoms with Gasteiger partial charge < -0.3 is 14.8 Å². The Kier molecular flexibility index (Phi) is 5.98. The van der Waals surface area contributed by atoms with Gasteiger partial charge in [-0.1, -0.05) is 0 Å². The minimum atomic E-state index is -3.72. The van der Waals surface area contributed by atoms with Crippen molar-refractivity contribution in [1.82, 2.24) is 5.32 Å². The molecule has 3 rings (SSSR count). The first-order valence-corrected chi connectivity index (χ1v) is 10.1. The smallest absolute Gasteiger partial charge is 0.261 e. The molecule has 8 heteroatoms. The number of carbonyl (C=O) groups excluding carboxylic acids is 1. The Balaban J connectivity index is 1.61. The second-order valence-electron chi connectivity index (χ2n) is 6.20. The number of ether oxygens (including phenoxy) is 2. The van der Waals surface area contributed by atoms with E-state index in [1.165, 1.54) is 19.2 Å². The number of hydrogen-bond donors (Lipinski definition) is 2. The summed E-state index contributed by atoms with van der Waals surface area (Å²) in [6.45, 7) is 1.22. The molecule has 27 heavy (non-hydrogen) atoms. The highest BCUT2D eigenvalue weighted by atomic mass is 32.2. The number of benzene rings is 2. The van der Waals surface area contributed by atoms with Gasteiger partial charge in [0.25, 0.3) is 15.9 Å². The Morgan fingerprint density at radius 3 is 2.44 bits per heavy atom. The van der Waals surface area contributed by atoms with Crippen LogP contribution in [0.5, 0.6) is 5.75 Å².